The fourth-order valence-corrected chi connectivity index (χ4v) is 6.52. The minimum Gasteiger partial charge on any atom is -0.345 e. The Bertz CT molecular complexity index is 1120. The van der Waals surface area contributed by atoms with Gasteiger partial charge in [0.1, 0.15) is 0 Å². The van der Waals surface area contributed by atoms with Gasteiger partial charge in [-0.3, -0.25) is 14.4 Å². The second-order valence-electron chi connectivity index (χ2n) is 10.3. The molecule has 0 amide bonds. The highest BCUT2D eigenvalue weighted by Gasteiger charge is 2.45. The number of thioether (sulfide) groups is 2. The Morgan fingerprint density at radius 2 is 1.39 bits per heavy atom. The Hall–Kier alpha value is -1.35. The smallest absolute Gasteiger partial charge is 0.204 e. The summed E-state index contributed by atoms with van der Waals surface area (Å²) in [6.45, 7) is 8.93. The molecule has 206 valence electrons. The van der Waals surface area contributed by atoms with Crippen LogP contribution in [0.3, 0.4) is 0 Å². The molecule has 0 spiro atoms. The van der Waals surface area contributed by atoms with Crippen LogP contribution in [0.5, 0.6) is 0 Å². The quantitative estimate of drug-likeness (QED) is 0.245. The second kappa shape index (κ2) is 13.3. The third-order valence-electron chi connectivity index (χ3n) is 6.87. The summed E-state index contributed by atoms with van der Waals surface area (Å²) in [6.07, 6.45) is 1.08. The molecule has 1 aliphatic heterocycles. The predicted molar refractivity (Wildman–Crippen MR) is 157 cm³/mol. The summed E-state index contributed by atoms with van der Waals surface area (Å²) >= 11 is 14.1. The summed E-state index contributed by atoms with van der Waals surface area (Å²) < 4.78 is 12.6. The second-order valence-corrected chi connectivity index (χ2v) is 13.2. The van der Waals surface area contributed by atoms with E-state index in [1.807, 2.05) is 26.0 Å². The maximum atomic E-state index is 13.6. The third-order valence-corrected chi connectivity index (χ3v) is 9.47. The Labute approximate surface area is 243 Å². The number of benzene rings is 2. The van der Waals surface area contributed by atoms with Crippen molar-refractivity contribution in [1.82, 2.24) is 0 Å². The maximum Gasteiger partial charge on any atom is 0.204 e. The first-order chi connectivity index (χ1) is 17.9. The van der Waals surface area contributed by atoms with Crippen LogP contribution in [0, 0.1) is 10.8 Å². The predicted octanol–water partition coefficient (Wildman–Crippen LogP) is 7.82. The fourth-order valence-electron chi connectivity index (χ4n) is 4.11. The van der Waals surface area contributed by atoms with Gasteiger partial charge in [0.15, 0.2) is 16.0 Å². The van der Waals surface area contributed by atoms with E-state index in [2.05, 4.69) is 13.8 Å². The van der Waals surface area contributed by atoms with Crippen molar-refractivity contribution in [3.63, 3.8) is 0 Å². The van der Waals surface area contributed by atoms with Crippen LogP contribution in [0.25, 0.3) is 0 Å². The van der Waals surface area contributed by atoms with Crippen molar-refractivity contribution in [1.29, 1.82) is 0 Å². The molecule has 1 heterocycles. The molecule has 3 rings (SSSR count). The zero-order valence-corrected chi connectivity index (χ0v) is 25.3. The molecular weight excluding hydrogens is 563 g/mol. The molecule has 0 saturated carbocycles. The molecule has 0 aliphatic carbocycles. The van der Waals surface area contributed by atoms with Crippen LogP contribution >= 0.6 is 46.7 Å². The van der Waals surface area contributed by atoms with Crippen molar-refractivity contribution in [3.05, 3.63) is 69.7 Å². The molecule has 0 radical (unpaired) electrons. The minimum absolute atomic E-state index is 0.0163. The minimum atomic E-state index is -1.09. The molecular formula is C29H34Cl2O5S2. The van der Waals surface area contributed by atoms with Gasteiger partial charge in [0.2, 0.25) is 5.79 Å². The monoisotopic (exact) mass is 596 g/mol. The molecule has 1 saturated heterocycles. The third kappa shape index (κ3) is 7.86. The summed E-state index contributed by atoms with van der Waals surface area (Å²) in [5.41, 5.74) is 0.312. The first-order valence-electron chi connectivity index (χ1n) is 12.6. The van der Waals surface area contributed by atoms with Gasteiger partial charge < -0.3 is 9.47 Å². The molecule has 1 fully saturated rings. The van der Waals surface area contributed by atoms with Crippen molar-refractivity contribution in [2.24, 2.45) is 10.8 Å². The molecule has 0 unspecified atom stereocenters. The van der Waals surface area contributed by atoms with Crippen LogP contribution in [0.15, 0.2) is 48.5 Å². The molecule has 2 aromatic rings. The summed E-state index contributed by atoms with van der Waals surface area (Å²) in [4.78, 5) is 39.1. The van der Waals surface area contributed by atoms with Crippen molar-refractivity contribution in [2.45, 2.75) is 52.7 Å². The highest BCUT2D eigenvalue weighted by molar-refractivity contribution is 8.14. The van der Waals surface area contributed by atoms with E-state index in [0.29, 0.717) is 41.7 Å². The molecule has 9 heteroatoms. The Balaban J connectivity index is 1.68. The van der Waals surface area contributed by atoms with Crippen LogP contribution in [-0.4, -0.2) is 40.7 Å². The van der Waals surface area contributed by atoms with Crippen LogP contribution in [-0.2, 0) is 24.8 Å². The van der Waals surface area contributed by atoms with E-state index in [9.17, 15) is 14.4 Å². The number of Topliss-reactive ketones (excluding diaryl/α,β-unsaturated/α-hetero) is 1. The zero-order chi connectivity index (χ0) is 28.0. The van der Waals surface area contributed by atoms with Gasteiger partial charge in [-0.05, 0) is 49.2 Å². The van der Waals surface area contributed by atoms with Gasteiger partial charge >= 0.3 is 0 Å². The number of rotatable bonds is 11. The maximum absolute atomic E-state index is 13.6. The van der Waals surface area contributed by atoms with Crippen molar-refractivity contribution in [3.8, 4) is 0 Å². The van der Waals surface area contributed by atoms with Crippen LogP contribution in [0.2, 0.25) is 10.0 Å². The molecule has 38 heavy (non-hydrogen) atoms. The van der Waals surface area contributed by atoms with E-state index in [1.165, 1.54) is 0 Å². The zero-order valence-electron chi connectivity index (χ0n) is 22.2. The number of ketones is 1. The summed E-state index contributed by atoms with van der Waals surface area (Å²) in [5, 5.41) is 0.892. The lowest BCUT2D eigenvalue weighted by molar-refractivity contribution is -0.295. The lowest BCUT2D eigenvalue weighted by atomic mass is 9.81. The fraction of sp³-hybridized carbons (Fsp3) is 0.483. The van der Waals surface area contributed by atoms with Crippen LogP contribution in [0.4, 0.5) is 0 Å². The lowest BCUT2D eigenvalue weighted by Crippen LogP contribution is -2.47. The number of hydrogen-bond donors (Lipinski definition) is 0. The highest BCUT2D eigenvalue weighted by Crippen LogP contribution is 2.43. The summed E-state index contributed by atoms with van der Waals surface area (Å²) in [7, 11) is 0. The molecule has 1 aliphatic rings. The molecule has 0 aromatic heterocycles. The summed E-state index contributed by atoms with van der Waals surface area (Å²) in [5.74, 6) is -0.972. The van der Waals surface area contributed by atoms with Gasteiger partial charge in [0.05, 0.1) is 24.7 Å². The van der Waals surface area contributed by atoms with Gasteiger partial charge in [-0.25, -0.2) is 0 Å². The number of carbonyl (C=O) groups excluding carboxylic acids is 3. The number of ether oxygens (including phenoxy) is 2. The van der Waals surface area contributed by atoms with Gasteiger partial charge in [0, 0.05) is 38.4 Å². The van der Waals surface area contributed by atoms with Gasteiger partial charge in [-0.1, -0.05) is 86.6 Å². The van der Waals surface area contributed by atoms with Crippen LogP contribution in [0.1, 0.15) is 62.9 Å². The number of halogens is 2. The van der Waals surface area contributed by atoms with Crippen LogP contribution < -0.4 is 0 Å². The van der Waals surface area contributed by atoms with E-state index in [-0.39, 0.29) is 39.4 Å². The molecule has 0 bridgehead atoms. The first kappa shape index (κ1) is 31.2. The standard InChI is InChI=1S/C29H34Cl2O5S2/c1-5-28(6-2,15-25(33)37-16-24(32)20-7-11-22(30)12-8-20)26(34)38-19-29(21-9-13-23(31)14-10-21)35-17-27(3,4)18-36-29/h7-14H,5-6,15-19H2,1-4H3. The Kier molecular flexibility index (Phi) is 10.9. The summed E-state index contributed by atoms with van der Waals surface area (Å²) in [6, 6.07) is 13.9. The van der Waals surface area contributed by atoms with E-state index < -0.39 is 11.2 Å². The van der Waals surface area contributed by atoms with Gasteiger partial charge in [-0.15, -0.1) is 0 Å². The normalized spacial score (nSPS) is 16.7. The van der Waals surface area contributed by atoms with Crippen molar-refractivity contribution in [2.75, 3.05) is 24.7 Å². The van der Waals surface area contributed by atoms with Gasteiger partial charge in [-0.2, -0.15) is 0 Å². The molecule has 0 atom stereocenters. The average Bonchev–Trinajstić information content (AvgIpc) is 2.91. The largest absolute Gasteiger partial charge is 0.345 e. The number of hydrogen-bond acceptors (Lipinski definition) is 7. The number of carbonyl (C=O) groups is 3. The van der Waals surface area contributed by atoms with E-state index in [1.54, 1.807) is 36.4 Å². The van der Waals surface area contributed by atoms with E-state index in [4.69, 9.17) is 32.7 Å². The lowest BCUT2D eigenvalue weighted by Gasteiger charge is -2.44. The molecule has 2 aromatic carbocycles. The van der Waals surface area contributed by atoms with E-state index in [0.717, 1.165) is 29.1 Å². The Morgan fingerprint density at radius 1 is 0.868 bits per heavy atom. The highest BCUT2D eigenvalue weighted by atomic mass is 35.5. The SMILES string of the molecule is CCC(CC)(CC(=O)SCC(=O)c1ccc(Cl)cc1)C(=O)SCC1(c2ccc(Cl)cc2)OCC(C)(C)CO1. The first-order valence-corrected chi connectivity index (χ1v) is 15.3. The molecule has 5 nitrogen and oxygen atoms in total. The van der Waals surface area contributed by atoms with E-state index >= 15 is 0 Å². The van der Waals surface area contributed by atoms with Crippen molar-refractivity contribution < 1.29 is 23.9 Å². The topological polar surface area (TPSA) is 69.7 Å². The Morgan fingerprint density at radius 3 is 1.92 bits per heavy atom. The molecule has 0 N–H and O–H groups in total. The van der Waals surface area contributed by atoms with Gasteiger partial charge in [0.25, 0.3) is 0 Å². The average molecular weight is 598 g/mol. The van der Waals surface area contributed by atoms with Crippen molar-refractivity contribution >= 4 is 62.7 Å².